The molecular formula is C11H16INO2. The molecule has 0 bridgehead atoms. The van der Waals surface area contributed by atoms with Gasteiger partial charge in [0.2, 0.25) is 0 Å². The predicted octanol–water partition coefficient (Wildman–Crippen LogP) is 2.54. The van der Waals surface area contributed by atoms with Gasteiger partial charge in [0, 0.05) is 13.2 Å². The summed E-state index contributed by atoms with van der Waals surface area (Å²) in [6.07, 6.45) is 4.01. The maximum Gasteiger partial charge on any atom is 0.164 e. The predicted molar refractivity (Wildman–Crippen MR) is 66.7 cm³/mol. The van der Waals surface area contributed by atoms with Gasteiger partial charge in [-0.3, -0.25) is 0 Å². The van der Waals surface area contributed by atoms with E-state index in [1.807, 2.05) is 12.1 Å². The van der Waals surface area contributed by atoms with Crippen molar-refractivity contribution in [1.29, 1.82) is 0 Å². The van der Waals surface area contributed by atoms with Gasteiger partial charge in [-0.15, -0.1) is 0 Å². The van der Waals surface area contributed by atoms with Crippen molar-refractivity contribution in [3.05, 3.63) is 21.7 Å². The van der Waals surface area contributed by atoms with Gasteiger partial charge in [-0.1, -0.05) is 0 Å². The Kier molecular flexibility index (Phi) is 4.05. The van der Waals surface area contributed by atoms with Crippen LogP contribution in [-0.4, -0.2) is 19.3 Å². The van der Waals surface area contributed by atoms with Crippen LogP contribution in [0.4, 0.5) is 0 Å². The summed E-state index contributed by atoms with van der Waals surface area (Å²) in [6.45, 7) is 0.799. The zero-order valence-corrected chi connectivity index (χ0v) is 11.0. The third-order valence-corrected chi connectivity index (χ3v) is 3.50. The van der Waals surface area contributed by atoms with E-state index in [-0.39, 0.29) is 0 Å². The van der Waals surface area contributed by atoms with E-state index in [0.717, 1.165) is 16.1 Å². The first-order chi connectivity index (χ1) is 7.29. The molecule has 1 saturated carbocycles. The molecule has 0 radical (unpaired) electrons. The third-order valence-electron chi connectivity index (χ3n) is 2.92. The minimum atomic E-state index is 0.374. The Morgan fingerprint density at radius 3 is 3.07 bits per heavy atom. The molecular weight excluding hydrogens is 305 g/mol. The smallest absolute Gasteiger partial charge is 0.164 e. The van der Waals surface area contributed by atoms with Crippen LogP contribution in [0.2, 0.25) is 0 Å². The number of methoxy groups -OCH3 is 1. The van der Waals surface area contributed by atoms with Gasteiger partial charge in [-0.05, 0) is 54.0 Å². The van der Waals surface area contributed by atoms with E-state index in [2.05, 4.69) is 27.9 Å². The second-order valence-electron chi connectivity index (χ2n) is 3.90. The van der Waals surface area contributed by atoms with Gasteiger partial charge >= 0.3 is 0 Å². The maximum atomic E-state index is 5.50. The van der Waals surface area contributed by atoms with Crippen molar-refractivity contribution in [2.75, 3.05) is 7.11 Å². The van der Waals surface area contributed by atoms with Crippen molar-refractivity contribution in [2.45, 2.75) is 38.0 Å². The molecule has 1 heterocycles. The van der Waals surface area contributed by atoms with Crippen molar-refractivity contribution < 1.29 is 9.15 Å². The molecule has 2 rings (SSSR count). The molecule has 1 aromatic rings. The Morgan fingerprint density at radius 1 is 1.53 bits per heavy atom. The molecule has 4 heteroatoms. The second-order valence-corrected chi connectivity index (χ2v) is 4.96. The van der Waals surface area contributed by atoms with Crippen LogP contribution in [0, 0.1) is 3.77 Å². The van der Waals surface area contributed by atoms with E-state index in [0.29, 0.717) is 12.1 Å². The Balaban J connectivity index is 1.82. The molecule has 1 fully saturated rings. The number of halogens is 1. The minimum Gasteiger partial charge on any atom is -0.454 e. The molecule has 0 aliphatic heterocycles. The molecule has 3 nitrogen and oxygen atoms in total. The lowest BCUT2D eigenvalue weighted by Crippen LogP contribution is -2.36. The van der Waals surface area contributed by atoms with Gasteiger partial charge < -0.3 is 14.5 Å². The highest BCUT2D eigenvalue weighted by Crippen LogP contribution is 2.22. The molecule has 2 unspecified atom stereocenters. The Morgan fingerprint density at radius 2 is 2.40 bits per heavy atom. The molecule has 1 aromatic heterocycles. The summed E-state index contributed by atoms with van der Waals surface area (Å²) in [5.74, 6) is 1.00. The number of ether oxygens (including phenoxy) is 1. The number of furan rings is 1. The Hall–Kier alpha value is -0.0700. The van der Waals surface area contributed by atoms with Gasteiger partial charge in [0.05, 0.1) is 12.6 Å². The average Bonchev–Trinajstić information content (AvgIpc) is 2.83. The molecule has 0 aromatic carbocycles. The summed E-state index contributed by atoms with van der Waals surface area (Å²) in [5.41, 5.74) is 0. The third kappa shape index (κ3) is 2.95. The molecule has 15 heavy (non-hydrogen) atoms. The van der Waals surface area contributed by atoms with Gasteiger partial charge in [0.15, 0.2) is 3.77 Å². The number of hydrogen-bond acceptors (Lipinski definition) is 3. The van der Waals surface area contributed by atoms with Crippen LogP contribution in [0.1, 0.15) is 25.0 Å². The molecule has 1 aliphatic rings. The van der Waals surface area contributed by atoms with Gasteiger partial charge in [0.25, 0.3) is 0 Å². The fourth-order valence-electron chi connectivity index (χ4n) is 2.12. The van der Waals surface area contributed by atoms with E-state index in [1.165, 1.54) is 19.3 Å². The van der Waals surface area contributed by atoms with Crippen LogP contribution in [0.3, 0.4) is 0 Å². The van der Waals surface area contributed by atoms with Crippen LogP contribution in [0.25, 0.3) is 0 Å². The zero-order chi connectivity index (χ0) is 10.7. The molecule has 0 amide bonds. The van der Waals surface area contributed by atoms with Crippen molar-refractivity contribution in [2.24, 2.45) is 0 Å². The van der Waals surface area contributed by atoms with Crippen LogP contribution < -0.4 is 5.32 Å². The highest BCUT2D eigenvalue weighted by atomic mass is 127. The summed E-state index contributed by atoms with van der Waals surface area (Å²) in [5, 5.41) is 3.49. The fourth-order valence-corrected chi connectivity index (χ4v) is 2.58. The molecule has 0 saturated heterocycles. The number of hydrogen-bond donors (Lipinski definition) is 1. The van der Waals surface area contributed by atoms with Gasteiger partial charge in [0.1, 0.15) is 5.76 Å². The highest BCUT2D eigenvalue weighted by Gasteiger charge is 2.26. The first-order valence-corrected chi connectivity index (χ1v) is 6.38. The Labute approximate surface area is 104 Å². The first kappa shape index (κ1) is 11.4. The lowest BCUT2D eigenvalue weighted by Gasteiger charge is -2.18. The second kappa shape index (κ2) is 5.32. The van der Waals surface area contributed by atoms with Crippen LogP contribution in [0.5, 0.6) is 0 Å². The zero-order valence-electron chi connectivity index (χ0n) is 8.83. The molecule has 2 atom stereocenters. The van der Waals surface area contributed by atoms with E-state index in [9.17, 15) is 0 Å². The summed E-state index contributed by atoms with van der Waals surface area (Å²) in [6, 6.07) is 4.49. The SMILES string of the molecule is COC1CCCC1NCc1ccc(I)o1. The van der Waals surface area contributed by atoms with E-state index >= 15 is 0 Å². The van der Waals surface area contributed by atoms with Crippen molar-refractivity contribution in [3.8, 4) is 0 Å². The van der Waals surface area contributed by atoms with Crippen LogP contribution >= 0.6 is 22.6 Å². The topological polar surface area (TPSA) is 34.4 Å². The Bertz CT molecular complexity index is 313. The largest absolute Gasteiger partial charge is 0.454 e. The number of nitrogens with one attached hydrogen (secondary N) is 1. The lowest BCUT2D eigenvalue weighted by atomic mass is 10.2. The van der Waals surface area contributed by atoms with E-state index < -0.39 is 0 Å². The number of rotatable bonds is 4. The van der Waals surface area contributed by atoms with Gasteiger partial charge in [-0.2, -0.15) is 0 Å². The molecule has 1 aliphatic carbocycles. The van der Waals surface area contributed by atoms with Crippen LogP contribution in [-0.2, 0) is 11.3 Å². The quantitative estimate of drug-likeness (QED) is 0.866. The molecule has 1 N–H and O–H groups in total. The molecule has 84 valence electrons. The normalized spacial score (nSPS) is 26.0. The average molecular weight is 321 g/mol. The highest BCUT2D eigenvalue weighted by molar-refractivity contribution is 14.1. The minimum absolute atomic E-state index is 0.374. The fraction of sp³-hybridized carbons (Fsp3) is 0.636. The lowest BCUT2D eigenvalue weighted by molar-refractivity contribution is 0.0841. The van der Waals surface area contributed by atoms with E-state index in [1.54, 1.807) is 7.11 Å². The van der Waals surface area contributed by atoms with Crippen molar-refractivity contribution >= 4 is 22.6 Å². The van der Waals surface area contributed by atoms with Gasteiger partial charge in [-0.25, -0.2) is 0 Å². The van der Waals surface area contributed by atoms with Crippen LogP contribution in [0.15, 0.2) is 16.5 Å². The summed E-state index contributed by atoms with van der Waals surface area (Å²) in [4.78, 5) is 0. The first-order valence-electron chi connectivity index (χ1n) is 5.30. The van der Waals surface area contributed by atoms with Crippen molar-refractivity contribution in [1.82, 2.24) is 5.32 Å². The summed E-state index contributed by atoms with van der Waals surface area (Å²) >= 11 is 2.18. The standard InChI is InChI=1S/C11H16INO2/c1-14-10-4-2-3-9(10)13-7-8-5-6-11(12)15-8/h5-6,9-10,13H,2-4,7H2,1H3. The summed E-state index contributed by atoms with van der Waals surface area (Å²) in [7, 11) is 1.79. The maximum absolute atomic E-state index is 5.50. The monoisotopic (exact) mass is 321 g/mol. The molecule has 0 spiro atoms. The van der Waals surface area contributed by atoms with E-state index in [4.69, 9.17) is 9.15 Å². The summed E-state index contributed by atoms with van der Waals surface area (Å²) < 4.78 is 11.9. The van der Waals surface area contributed by atoms with Crippen molar-refractivity contribution in [3.63, 3.8) is 0 Å².